The molecule has 1 aromatic rings. The maximum absolute atomic E-state index is 11.5. The third-order valence-electron chi connectivity index (χ3n) is 2.42. The number of benzene rings is 1. The quantitative estimate of drug-likeness (QED) is 0.616. The van der Waals surface area contributed by atoms with Crippen LogP contribution in [0.3, 0.4) is 0 Å². The third kappa shape index (κ3) is 2.03. The van der Waals surface area contributed by atoms with Crippen LogP contribution in [0.25, 0.3) is 5.57 Å². The zero-order valence-electron chi connectivity index (χ0n) is 9.28. The number of nitrogen functional groups attached to an aromatic ring is 1. The van der Waals surface area contributed by atoms with E-state index in [1.54, 1.807) is 0 Å². The highest BCUT2D eigenvalue weighted by molar-refractivity contribution is 7.86. The van der Waals surface area contributed by atoms with Crippen LogP contribution in [-0.2, 0) is 14.9 Å². The minimum absolute atomic E-state index is 0.0409. The number of rotatable bonds is 2. The van der Waals surface area contributed by atoms with Crippen LogP contribution >= 0.6 is 0 Å². The zero-order valence-corrected chi connectivity index (χ0v) is 10.1. The van der Waals surface area contributed by atoms with E-state index in [0.29, 0.717) is 0 Å². The van der Waals surface area contributed by atoms with Crippen LogP contribution in [0.5, 0.6) is 0 Å². The Labute approximate surface area is 103 Å². The summed E-state index contributed by atoms with van der Waals surface area (Å²) in [4.78, 5) is 11.1. The summed E-state index contributed by atoms with van der Waals surface area (Å²) < 4.78 is 31.7. The highest BCUT2D eigenvalue weighted by Gasteiger charge is 2.26. The summed E-state index contributed by atoms with van der Waals surface area (Å²) in [5.74, 6) is -0.651. The summed E-state index contributed by atoms with van der Waals surface area (Å²) in [5, 5.41) is 6.89. The van der Waals surface area contributed by atoms with Gasteiger partial charge in [-0.05, 0) is 19.1 Å². The van der Waals surface area contributed by atoms with Crippen molar-refractivity contribution in [2.75, 3.05) is 5.73 Å². The molecule has 0 spiro atoms. The number of hydrogen-bond donors (Lipinski definition) is 2. The molecule has 1 aliphatic heterocycles. The summed E-state index contributed by atoms with van der Waals surface area (Å²) in [5.41, 5.74) is 6.00. The minimum atomic E-state index is -4.49. The average Bonchev–Trinajstić information content (AvgIpc) is 2.58. The first kappa shape index (κ1) is 12.4. The van der Waals surface area contributed by atoms with Gasteiger partial charge < -0.3 is 5.73 Å². The SMILES string of the molecule is CC1=C(c2ccc(N)cc2S(=O)(=O)O)C(=O)N=N1. The fraction of sp³-hybridized carbons (Fsp3) is 0.100. The molecule has 94 valence electrons. The molecular formula is C10H9N3O4S. The first-order valence-corrected chi connectivity index (χ1v) is 6.29. The predicted molar refractivity (Wildman–Crippen MR) is 63.1 cm³/mol. The molecular weight excluding hydrogens is 258 g/mol. The molecule has 1 amide bonds. The van der Waals surface area contributed by atoms with E-state index in [-0.39, 0.29) is 22.5 Å². The summed E-state index contributed by atoms with van der Waals surface area (Å²) >= 11 is 0. The van der Waals surface area contributed by atoms with Gasteiger partial charge in [-0.2, -0.15) is 13.5 Å². The van der Waals surface area contributed by atoms with Crippen molar-refractivity contribution in [2.24, 2.45) is 10.2 Å². The van der Waals surface area contributed by atoms with Crippen LogP contribution in [0, 0.1) is 0 Å². The Kier molecular flexibility index (Phi) is 2.76. The molecule has 0 saturated carbocycles. The third-order valence-corrected chi connectivity index (χ3v) is 3.31. The Balaban J connectivity index is 2.75. The van der Waals surface area contributed by atoms with Crippen molar-refractivity contribution in [1.29, 1.82) is 0 Å². The predicted octanol–water partition coefficient (Wildman–Crippen LogP) is 1.24. The molecule has 0 fully saturated rings. The van der Waals surface area contributed by atoms with E-state index >= 15 is 0 Å². The number of amides is 1. The van der Waals surface area contributed by atoms with Crippen molar-refractivity contribution in [3.63, 3.8) is 0 Å². The van der Waals surface area contributed by atoms with Gasteiger partial charge in [0.1, 0.15) is 4.90 Å². The van der Waals surface area contributed by atoms with Gasteiger partial charge >= 0.3 is 0 Å². The van der Waals surface area contributed by atoms with Crippen LogP contribution in [-0.4, -0.2) is 18.9 Å². The lowest BCUT2D eigenvalue weighted by Crippen LogP contribution is -2.07. The van der Waals surface area contributed by atoms with Crippen LogP contribution < -0.4 is 5.73 Å². The lowest BCUT2D eigenvalue weighted by Gasteiger charge is -2.08. The van der Waals surface area contributed by atoms with Crippen LogP contribution in [0.2, 0.25) is 0 Å². The van der Waals surface area contributed by atoms with E-state index in [2.05, 4.69) is 10.2 Å². The molecule has 0 radical (unpaired) electrons. The first-order valence-electron chi connectivity index (χ1n) is 4.85. The van der Waals surface area contributed by atoms with Gasteiger partial charge in [0.05, 0.1) is 11.3 Å². The highest BCUT2D eigenvalue weighted by Crippen LogP contribution is 2.32. The van der Waals surface area contributed by atoms with Crippen molar-refractivity contribution in [2.45, 2.75) is 11.8 Å². The second-order valence-corrected chi connectivity index (χ2v) is 5.09. The zero-order chi connectivity index (χ0) is 13.5. The van der Waals surface area contributed by atoms with Gasteiger partial charge in [-0.15, -0.1) is 5.11 Å². The van der Waals surface area contributed by atoms with Crippen LogP contribution in [0.4, 0.5) is 5.69 Å². The smallest absolute Gasteiger partial charge is 0.297 e. The fourth-order valence-corrected chi connectivity index (χ4v) is 2.38. The van der Waals surface area contributed by atoms with Crippen molar-refractivity contribution in [3.05, 3.63) is 29.5 Å². The highest BCUT2D eigenvalue weighted by atomic mass is 32.2. The van der Waals surface area contributed by atoms with Gasteiger partial charge in [0, 0.05) is 11.3 Å². The van der Waals surface area contributed by atoms with Gasteiger partial charge in [-0.1, -0.05) is 6.07 Å². The Morgan fingerprint density at radius 3 is 2.44 bits per heavy atom. The van der Waals surface area contributed by atoms with Crippen molar-refractivity contribution in [3.8, 4) is 0 Å². The lowest BCUT2D eigenvalue weighted by molar-refractivity contribution is -0.112. The Bertz CT molecular complexity index is 704. The van der Waals surface area contributed by atoms with E-state index in [1.807, 2.05) is 0 Å². The first-order chi connectivity index (χ1) is 8.30. The van der Waals surface area contributed by atoms with Crippen molar-refractivity contribution < 1.29 is 17.8 Å². The molecule has 7 nitrogen and oxygen atoms in total. The molecule has 0 aromatic heterocycles. The molecule has 2 rings (SSSR count). The second kappa shape index (κ2) is 4.00. The molecule has 0 unspecified atom stereocenters. The number of nitrogens with zero attached hydrogens (tertiary/aromatic N) is 2. The van der Waals surface area contributed by atoms with E-state index in [9.17, 15) is 13.2 Å². The molecule has 0 aliphatic carbocycles. The maximum Gasteiger partial charge on any atom is 0.297 e. The van der Waals surface area contributed by atoms with Gasteiger partial charge in [-0.3, -0.25) is 9.35 Å². The monoisotopic (exact) mass is 267 g/mol. The summed E-state index contributed by atoms with van der Waals surface area (Å²) in [6.07, 6.45) is 0. The maximum atomic E-state index is 11.5. The van der Waals surface area contributed by atoms with Gasteiger partial charge in [0.2, 0.25) is 0 Å². The van der Waals surface area contributed by atoms with Gasteiger partial charge in [-0.25, -0.2) is 0 Å². The Morgan fingerprint density at radius 2 is 1.94 bits per heavy atom. The largest absolute Gasteiger partial charge is 0.399 e. The topological polar surface area (TPSA) is 122 Å². The van der Waals surface area contributed by atoms with Crippen LogP contribution in [0.1, 0.15) is 12.5 Å². The number of hydrogen-bond acceptors (Lipinski definition) is 5. The number of anilines is 1. The second-order valence-electron chi connectivity index (χ2n) is 3.70. The summed E-state index contributed by atoms with van der Waals surface area (Å²) in [6.45, 7) is 1.52. The molecule has 18 heavy (non-hydrogen) atoms. The lowest BCUT2D eigenvalue weighted by atomic mass is 10.0. The van der Waals surface area contributed by atoms with Gasteiger partial charge in [0.15, 0.2) is 0 Å². The van der Waals surface area contributed by atoms with E-state index in [4.69, 9.17) is 10.3 Å². The number of azo groups is 1. The Hall–Kier alpha value is -2.06. The van der Waals surface area contributed by atoms with Crippen molar-refractivity contribution in [1.82, 2.24) is 0 Å². The molecule has 1 aromatic carbocycles. The number of allylic oxidation sites excluding steroid dienone is 1. The number of nitrogens with two attached hydrogens (primary N) is 1. The molecule has 1 heterocycles. The average molecular weight is 267 g/mol. The Morgan fingerprint density at radius 1 is 1.28 bits per heavy atom. The van der Waals surface area contributed by atoms with Crippen LogP contribution in [0.15, 0.2) is 39.0 Å². The summed E-state index contributed by atoms with van der Waals surface area (Å²) in [7, 11) is -4.49. The fourth-order valence-electron chi connectivity index (χ4n) is 1.64. The molecule has 0 saturated heterocycles. The molecule has 8 heteroatoms. The molecule has 0 bridgehead atoms. The van der Waals surface area contributed by atoms with E-state index in [1.165, 1.54) is 19.1 Å². The normalized spacial score (nSPS) is 15.6. The van der Waals surface area contributed by atoms with Gasteiger partial charge in [0.25, 0.3) is 16.0 Å². The molecule has 0 atom stereocenters. The van der Waals surface area contributed by atoms with E-state index in [0.717, 1.165) is 6.07 Å². The summed E-state index contributed by atoms with van der Waals surface area (Å²) in [6, 6.07) is 3.85. The van der Waals surface area contributed by atoms with E-state index < -0.39 is 20.9 Å². The number of carbonyl (C=O) groups excluding carboxylic acids is 1. The molecule has 1 aliphatic rings. The van der Waals surface area contributed by atoms with Crippen molar-refractivity contribution >= 4 is 27.3 Å². The number of carbonyl (C=O) groups is 1. The standard InChI is InChI=1S/C10H9N3O4S/c1-5-9(10(14)13-12-5)7-3-2-6(11)4-8(7)18(15,16)17/h2-4H,11H2,1H3,(H,15,16,17). The molecule has 3 N–H and O–H groups in total. The minimum Gasteiger partial charge on any atom is -0.399 e.